The number of imidazole rings is 1. The summed E-state index contributed by atoms with van der Waals surface area (Å²) >= 11 is 0. The first-order valence-electron chi connectivity index (χ1n) is 7.03. The lowest BCUT2D eigenvalue weighted by molar-refractivity contribution is -0.143. The lowest BCUT2D eigenvalue weighted by Gasteiger charge is -2.06. The maximum atomic E-state index is 12.4. The molecule has 0 saturated heterocycles. The summed E-state index contributed by atoms with van der Waals surface area (Å²) in [6.07, 6.45) is 2.54. The summed E-state index contributed by atoms with van der Waals surface area (Å²) in [5, 5.41) is 10.2. The van der Waals surface area contributed by atoms with E-state index in [4.69, 9.17) is 4.74 Å². The van der Waals surface area contributed by atoms with E-state index in [1.54, 1.807) is 6.92 Å². The number of aromatic nitrogens is 6. The Labute approximate surface area is 134 Å². The van der Waals surface area contributed by atoms with E-state index >= 15 is 0 Å². The van der Waals surface area contributed by atoms with Gasteiger partial charge in [0.15, 0.2) is 22.5 Å². The standard InChI is InChI=1S/C13H13N7O4/c1-3-24-7(21)4-19-5-16-10-9(13(19)23)17-18-11-8(12(22)14-2)15-6-20(10)11/h5-6H,3-4H2,1-2H3,(H,14,22). The van der Waals surface area contributed by atoms with E-state index < -0.39 is 17.4 Å². The third-order valence-electron chi connectivity index (χ3n) is 3.26. The molecule has 0 spiro atoms. The van der Waals surface area contributed by atoms with Gasteiger partial charge in [0, 0.05) is 7.05 Å². The fraction of sp³-hybridized carbons (Fsp3) is 0.308. The fourth-order valence-corrected chi connectivity index (χ4v) is 2.16. The third-order valence-corrected chi connectivity index (χ3v) is 3.26. The molecule has 0 bridgehead atoms. The number of ether oxygens (including phenoxy) is 1. The molecule has 3 heterocycles. The van der Waals surface area contributed by atoms with E-state index in [0.717, 1.165) is 4.57 Å². The van der Waals surface area contributed by atoms with Gasteiger partial charge >= 0.3 is 5.97 Å². The molecule has 0 unspecified atom stereocenters. The smallest absolute Gasteiger partial charge is 0.326 e. The Kier molecular flexibility index (Phi) is 3.90. The average molecular weight is 331 g/mol. The molecule has 3 aromatic heterocycles. The van der Waals surface area contributed by atoms with Crippen LogP contribution in [0.15, 0.2) is 17.4 Å². The van der Waals surface area contributed by atoms with Crippen molar-refractivity contribution >= 4 is 28.7 Å². The Bertz CT molecular complexity index is 1010. The molecule has 0 aromatic carbocycles. The minimum absolute atomic E-state index is 0.0462. The molecule has 11 heteroatoms. The van der Waals surface area contributed by atoms with Crippen LogP contribution in [0.25, 0.3) is 16.8 Å². The molecule has 1 N–H and O–H groups in total. The highest BCUT2D eigenvalue weighted by atomic mass is 16.5. The number of rotatable bonds is 4. The minimum Gasteiger partial charge on any atom is -0.465 e. The number of nitrogens with zero attached hydrogens (tertiary/aromatic N) is 6. The molecule has 0 fully saturated rings. The Morgan fingerprint density at radius 3 is 2.71 bits per heavy atom. The van der Waals surface area contributed by atoms with Gasteiger partial charge in [0.1, 0.15) is 19.2 Å². The molecule has 24 heavy (non-hydrogen) atoms. The zero-order valence-electron chi connectivity index (χ0n) is 12.9. The van der Waals surface area contributed by atoms with Crippen LogP contribution in [0.3, 0.4) is 0 Å². The SMILES string of the molecule is CCOC(=O)Cn1cnc2c(nnc3c(C(=O)NC)ncn32)c1=O. The zero-order valence-corrected chi connectivity index (χ0v) is 12.9. The van der Waals surface area contributed by atoms with Crippen LogP contribution in [0.1, 0.15) is 17.4 Å². The topological polar surface area (TPSA) is 133 Å². The predicted molar refractivity (Wildman–Crippen MR) is 80.4 cm³/mol. The second-order valence-electron chi connectivity index (χ2n) is 4.72. The van der Waals surface area contributed by atoms with Crippen molar-refractivity contribution in [3.05, 3.63) is 28.7 Å². The summed E-state index contributed by atoms with van der Waals surface area (Å²) in [4.78, 5) is 43.8. The van der Waals surface area contributed by atoms with E-state index in [1.807, 2.05) is 0 Å². The van der Waals surface area contributed by atoms with Crippen LogP contribution >= 0.6 is 0 Å². The van der Waals surface area contributed by atoms with Crippen LogP contribution in [0.2, 0.25) is 0 Å². The van der Waals surface area contributed by atoms with Crippen LogP contribution in [-0.4, -0.2) is 54.7 Å². The lowest BCUT2D eigenvalue weighted by atomic mass is 10.4. The van der Waals surface area contributed by atoms with Gasteiger partial charge in [-0.15, -0.1) is 10.2 Å². The van der Waals surface area contributed by atoms with Gasteiger partial charge in [-0.3, -0.25) is 23.4 Å². The van der Waals surface area contributed by atoms with Crippen molar-refractivity contribution in [1.82, 2.24) is 34.4 Å². The number of carbonyl (C=O) groups is 2. The number of nitrogens with one attached hydrogen (secondary N) is 1. The zero-order chi connectivity index (χ0) is 17.3. The normalized spacial score (nSPS) is 10.9. The Morgan fingerprint density at radius 2 is 2.00 bits per heavy atom. The van der Waals surface area contributed by atoms with E-state index in [1.165, 1.54) is 24.1 Å². The molecule has 0 atom stereocenters. The number of esters is 1. The molecule has 0 aliphatic carbocycles. The quantitative estimate of drug-likeness (QED) is 0.587. The molecule has 3 rings (SSSR count). The fourth-order valence-electron chi connectivity index (χ4n) is 2.16. The van der Waals surface area contributed by atoms with Gasteiger partial charge in [0.2, 0.25) is 0 Å². The summed E-state index contributed by atoms with van der Waals surface area (Å²) in [5.41, 5.74) is -0.151. The van der Waals surface area contributed by atoms with Crippen LogP contribution in [-0.2, 0) is 16.1 Å². The largest absolute Gasteiger partial charge is 0.465 e. The summed E-state index contributed by atoms with van der Waals surface area (Å²) in [6.45, 7) is 1.61. The van der Waals surface area contributed by atoms with Gasteiger partial charge < -0.3 is 10.1 Å². The van der Waals surface area contributed by atoms with Crippen molar-refractivity contribution in [3.63, 3.8) is 0 Å². The molecule has 3 aromatic rings. The molecule has 11 nitrogen and oxygen atoms in total. The molecule has 0 radical (unpaired) electrons. The first-order chi connectivity index (χ1) is 11.6. The number of hydrogen-bond acceptors (Lipinski definition) is 8. The van der Waals surface area contributed by atoms with Crippen LogP contribution in [0.5, 0.6) is 0 Å². The van der Waals surface area contributed by atoms with Gasteiger partial charge in [-0.2, -0.15) is 0 Å². The molecule has 1 amide bonds. The van der Waals surface area contributed by atoms with Crippen molar-refractivity contribution in [2.24, 2.45) is 0 Å². The first kappa shape index (κ1) is 15.5. The predicted octanol–water partition coefficient (Wildman–Crippen LogP) is -1.24. The maximum Gasteiger partial charge on any atom is 0.326 e. The highest BCUT2D eigenvalue weighted by Crippen LogP contribution is 2.10. The van der Waals surface area contributed by atoms with E-state index in [2.05, 4.69) is 25.5 Å². The summed E-state index contributed by atoms with van der Waals surface area (Å²) in [5.74, 6) is -0.985. The van der Waals surface area contributed by atoms with E-state index in [9.17, 15) is 14.4 Å². The van der Waals surface area contributed by atoms with Crippen LogP contribution in [0, 0.1) is 0 Å². The first-order valence-corrected chi connectivity index (χ1v) is 7.03. The van der Waals surface area contributed by atoms with Gasteiger partial charge in [-0.1, -0.05) is 0 Å². The monoisotopic (exact) mass is 331 g/mol. The van der Waals surface area contributed by atoms with Gasteiger partial charge in [-0.25, -0.2) is 9.97 Å². The molecular weight excluding hydrogens is 318 g/mol. The second kappa shape index (κ2) is 6.02. The van der Waals surface area contributed by atoms with Crippen LogP contribution < -0.4 is 10.9 Å². The summed E-state index contributed by atoms with van der Waals surface area (Å²) < 4.78 is 7.28. The summed E-state index contributed by atoms with van der Waals surface area (Å²) in [7, 11) is 1.47. The van der Waals surface area contributed by atoms with E-state index in [-0.39, 0.29) is 35.7 Å². The van der Waals surface area contributed by atoms with E-state index in [0.29, 0.717) is 0 Å². The number of carbonyl (C=O) groups excluding carboxylic acids is 2. The van der Waals surface area contributed by atoms with Crippen molar-refractivity contribution in [3.8, 4) is 0 Å². The maximum absolute atomic E-state index is 12.4. The van der Waals surface area contributed by atoms with Crippen LogP contribution in [0.4, 0.5) is 0 Å². The third kappa shape index (κ3) is 2.45. The van der Waals surface area contributed by atoms with Gasteiger partial charge in [0.05, 0.1) is 6.61 Å². The van der Waals surface area contributed by atoms with Gasteiger partial charge in [0.25, 0.3) is 11.5 Å². The molecule has 0 aliphatic rings. The highest BCUT2D eigenvalue weighted by Gasteiger charge is 2.18. The second-order valence-corrected chi connectivity index (χ2v) is 4.72. The molecular formula is C13H13N7O4. The highest BCUT2D eigenvalue weighted by molar-refractivity contribution is 5.98. The molecule has 0 aliphatic heterocycles. The van der Waals surface area contributed by atoms with Gasteiger partial charge in [-0.05, 0) is 6.92 Å². The van der Waals surface area contributed by atoms with Crippen molar-refractivity contribution in [1.29, 1.82) is 0 Å². The average Bonchev–Trinajstić information content (AvgIpc) is 3.01. The molecule has 124 valence electrons. The number of hydrogen-bond donors (Lipinski definition) is 1. The van der Waals surface area contributed by atoms with Crippen molar-refractivity contribution in [2.45, 2.75) is 13.5 Å². The summed E-state index contributed by atoms with van der Waals surface area (Å²) in [6, 6.07) is 0. The lowest BCUT2D eigenvalue weighted by Crippen LogP contribution is -2.27. The van der Waals surface area contributed by atoms with Crippen molar-refractivity contribution in [2.75, 3.05) is 13.7 Å². The Morgan fingerprint density at radius 1 is 1.21 bits per heavy atom. The Hall–Kier alpha value is -3.37. The minimum atomic E-state index is -0.556. The van der Waals surface area contributed by atoms with Crippen molar-refractivity contribution < 1.29 is 14.3 Å². The number of fused-ring (bicyclic) bond motifs is 3. The molecule has 0 saturated carbocycles. The Balaban J connectivity index is 2.14. The number of amides is 1.